The first kappa shape index (κ1) is 35.3. The minimum absolute atomic E-state index is 0.229. The van der Waals surface area contributed by atoms with E-state index in [0.717, 1.165) is 15.6 Å². The van der Waals surface area contributed by atoms with Gasteiger partial charge in [-0.15, -0.1) is 0 Å². The summed E-state index contributed by atoms with van der Waals surface area (Å²) < 4.78 is 19.3. The van der Waals surface area contributed by atoms with Crippen molar-refractivity contribution in [3.63, 3.8) is 0 Å². The minimum Gasteiger partial charge on any atom is -0.490 e. The predicted octanol–water partition coefficient (Wildman–Crippen LogP) is 8.14. The van der Waals surface area contributed by atoms with Gasteiger partial charge in [0.15, 0.2) is 17.6 Å². The maximum absolute atomic E-state index is 13.3. The van der Waals surface area contributed by atoms with Gasteiger partial charge in [0.1, 0.15) is 18.4 Å². The molecule has 0 saturated heterocycles. The maximum atomic E-state index is 13.3. The number of carbonyl (C=O) groups excluding carboxylic acids is 2. The Bertz CT molecular complexity index is 1670. The van der Waals surface area contributed by atoms with E-state index in [1.807, 2.05) is 61.5 Å². The lowest BCUT2D eigenvalue weighted by atomic mass is 10.1. The minimum atomic E-state index is -0.952. The second-order valence-corrected chi connectivity index (χ2v) is 12.6. The first-order valence-electron chi connectivity index (χ1n) is 14.3. The largest absolute Gasteiger partial charge is 0.490 e. The van der Waals surface area contributed by atoms with E-state index in [1.165, 1.54) is 12.3 Å². The quantitative estimate of drug-likeness (QED) is 0.0994. The number of hydrogen-bond acceptors (Lipinski definition) is 6. The Balaban J connectivity index is 1.44. The van der Waals surface area contributed by atoms with E-state index in [4.69, 9.17) is 37.4 Å². The fraction of sp³-hybridized carbons (Fsp3) is 0.206. The number of hydrogen-bond donors (Lipinski definition) is 2. The van der Waals surface area contributed by atoms with Gasteiger partial charge in [0.2, 0.25) is 0 Å². The Morgan fingerprint density at radius 2 is 1.63 bits per heavy atom. The molecule has 0 saturated carbocycles. The van der Waals surface area contributed by atoms with Gasteiger partial charge in [-0.05, 0) is 88.9 Å². The highest BCUT2D eigenvalue weighted by molar-refractivity contribution is 9.10. The number of carbonyl (C=O) groups is 2. The van der Waals surface area contributed by atoms with Crippen molar-refractivity contribution < 1.29 is 23.8 Å². The van der Waals surface area contributed by atoms with E-state index in [9.17, 15) is 9.59 Å². The molecule has 4 rings (SSSR count). The molecule has 0 aromatic heterocycles. The van der Waals surface area contributed by atoms with Crippen LogP contribution in [0.2, 0.25) is 10.0 Å². The number of amides is 2. The van der Waals surface area contributed by atoms with Crippen LogP contribution in [0.5, 0.6) is 17.2 Å². The summed E-state index contributed by atoms with van der Waals surface area (Å²) in [7, 11) is 0. The molecule has 4 aromatic rings. The Kier molecular flexibility index (Phi) is 13.3. The van der Waals surface area contributed by atoms with Crippen LogP contribution in [0.15, 0.2) is 99.0 Å². The monoisotopic (exact) mass is 789 g/mol. The van der Waals surface area contributed by atoms with Gasteiger partial charge in [0.25, 0.3) is 11.8 Å². The molecule has 12 heteroatoms. The molecule has 0 heterocycles. The van der Waals surface area contributed by atoms with Gasteiger partial charge < -0.3 is 19.5 Å². The smallest absolute Gasteiger partial charge is 0.262 e. The van der Waals surface area contributed by atoms with E-state index in [-0.39, 0.29) is 11.4 Å². The Labute approximate surface area is 294 Å². The highest BCUT2D eigenvalue weighted by atomic mass is 79.9. The molecule has 0 aliphatic rings. The summed E-state index contributed by atoms with van der Waals surface area (Å²) in [5.74, 6) is 0.349. The second kappa shape index (κ2) is 17.4. The van der Waals surface area contributed by atoms with Crippen LogP contribution in [0.25, 0.3) is 0 Å². The molecular formula is C34H31Br2Cl2N3O5. The van der Waals surface area contributed by atoms with Gasteiger partial charge in [-0.3, -0.25) is 9.59 Å². The molecule has 0 spiro atoms. The highest BCUT2D eigenvalue weighted by Crippen LogP contribution is 2.37. The molecule has 0 bridgehead atoms. The molecule has 240 valence electrons. The molecule has 0 fully saturated rings. The fourth-order valence-electron chi connectivity index (χ4n) is 4.21. The number of rotatable bonds is 14. The van der Waals surface area contributed by atoms with Gasteiger partial charge in [-0.2, -0.15) is 5.10 Å². The molecule has 8 nitrogen and oxygen atoms in total. The molecule has 2 amide bonds. The standard InChI is InChI=1S/C34H31Br2Cl2N3O5/c1-3-44-31-17-24(15-27(36)32(31)45-20-23-9-11-25(35)12-10-23)19-39-41-34(43)29(16-22-7-5-4-6-8-22)40-33(42)21(2)46-30-14-13-26(37)18-28(30)38/h4-15,17-19,21,29H,3,16,20H2,1-2H3,(H,40,42)(H,41,43)/b39-19-/t21-,29-/m0/s1. The third-order valence-corrected chi connectivity index (χ3v) is 8.15. The fourth-order valence-corrected chi connectivity index (χ4v) is 5.50. The molecular weight excluding hydrogens is 761 g/mol. The Morgan fingerprint density at radius 3 is 2.33 bits per heavy atom. The van der Waals surface area contributed by atoms with Crippen LogP contribution in [0.3, 0.4) is 0 Å². The average molecular weight is 792 g/mol. The van der Waals surface area contributed by atoms with E-state index in [2.05, 4.69) is 47.7 Å². The van der Waals surface area contributed by atoms with Crippen LogP contribution in [-0.2, 0) is 22.6 Å². The van der Waals surface area contributed by atoms with Crippen molar-refractivity contribution in [2.24, 2.45) is 5.10 Å². The highest BCUT2D eigenvalue weighted by Gasteiger charge is 2.25. The first-order chi connectivity index (χ1) is 22.1. The van der Waals surface area contributed by atoms with Crippen molar-refractivity contribution in [2.75, 3.05) is 6.61 Å². The third kappa shape index (κ3) is 10.5. The summed E-state index contributed by atoms with van der Waals surface area (Å²) in [6.07, 6.45) is 0.763. The molecule has 0 radical (unpaired) electrons. The zero-order chi connectivity index (χ0) is 33.1. The normalized spacial score (nSPS) is 12.3. The summed E-state index contributed by atoms with van der Waals surface area (Å²) >= 11 is 19.2. The Morgan fingerprint density at radius 1 is 0.891 bits per heavy atom. The van der Waals surface area contributed by atoms with Crippen LogP contribution in [0, 0.1) is 0 Å². The van der Waals surface area contributed by atoms with E-state index >= 15 is 0 Å². The van der Waals surface area contributed by atoms with E-state index in [0.29, 0.717) is 45.5 Å². The average Bonchev–Trinajstić information content (AvgIpc) is 3.03. The number of ether oxygens (including phenoxy) is 3. The van der Waals surface area contributed by atoms with Crippen molar-refractivity contribution in [1.29, 1.82) is 0 Å². The number of benzene rings is 4. The third-order valence-electron chi connectivity index (χ3n) is 6.50. The SMILES string of the molecule is CCOc1cc(/C=N\NC(=O)[C@H](Cc2ccccc2)NC(=O)[C@H](C)Oc2ccc(Cl)cc2Cl)cc(Br)c1OCc1ccc(Br)cc1. The molecule has 0 unspecified atom stereocenters. The molecule has 0 aliphatic carbocycles. The van der Waals surface area contributed by atoms with Crippen LogP contribution in [-0.4, -0.2) is 36.8 Å². The number of hydrazone groups is 1. The lowest BCUT2D eigenvalue weighted by Crippen LogP contribution is -2.50. The van der Waals surface area contributed by atoms with Crippen molar-refractivity contribution >= 4 is 73.1 Å². The van der Waals surface area contributed by atoms with E-state index < -0.39 is 24.0 Å². The maximum Gasteiger partial charge on any atom is 0.262 e. The lowest BCUT2D eigenvalue weighted by Gasteiger charge is -2.21. The van der Waals surface area contributed by atoms with Crippen molar-refractivity contribution in [2.45, 2.75) is 39.0 Å². The summed E-state index contributed by atoms with van der Waals surface area (Å²) in [5.41, 5.74) is 5.05. The number of halogens is 4. The van der Waals surface area contributed by atoms with Crippen molar-refractivity contribution in [3.8, 4) is 17.2 Å². The summed E-state index contributed by atoms with van der Waals surface area (Å²) in [6, 6.07) is 24.5. The zero-order valence-electron chi connectivity index (χ0n) is 24.9. The predicted molar refractivity (Wildman–Crippen MR) is 188 cm³/mol. The summed E-state index contributed by atoms with van der Waals surface area (Å²) in [4.78, 5) is 26.4. The molecule has 2 atom stereocenters. The van der Waals surface area contributed by atoms with Crippen LogP contribution in [0.4, 0.5) is 0 Å². The first-order valence-corrected chi connectivity index (χ1v) is 16.6. The summed E-state index contributed by atoms with van der Waals surface area (Å²) in [5, 5.41) is 7.64. The zero-order valence-corrected chi connectivity index (χ0v) is 29.6. The summed E-state index contributed by atoms with van der Waals surface area (Å²) in [6.45, 7) is 4.21. The van der Waals surface area contributed by atoms with Gasteiger partial charge >= 0.3 is 0 Å². The molecule has 4 aromatic carbocycles. The second-order valence-electron chi connectivity index (χ2n) is 10.00. The number of nitrogens with zero attached hydrogens (tertiary/aromatic N) is 1. The van der Waals surface area contributed by atoms with Crippen molar-refractivity contribution in [3.05, 3.63) is 121 Å². The van der Waals surface area contributed by atoms with Crippen LogP contribution in [0.1, 0.15) is 30.5 Å². The van der Waals surface area contributed by atoms with Crippen molar-refractivity contribution in [1.82, 2.24) is 10.7 Å². The van der Waals surface area contributed by atoms with E-state index in [1.54, 1.807) is 31.2 Å². The van der Waals surface area contributed by atoms with Gasteiger partial charge in [0.05, 0.1) is 22.3 Å². The van der Waals surface area contributed by atoms with Gasteiger partial charge in [0, 0.05) is 15.9 Å². The van der Waals surface area contributed by atoms with Crippen LogP contribution >= 0.6 is 55.1 Å². The van der Waals surface area contributed by atoms with Crippen LogP contribution < -0.4 is 25.0 Å². The molecule has 2 N–H and O–H groups in total. The molecule has 0 aliphatic heterocycles. The van der Waals surface area contributed by atoms with Gasteiger partial charge in [-0.25, -0.2) is 5.43 Å². The lowest BCUT2D eigenvalue weighted by molar-refractivity contribution is -0.132. The topological polar surface area (TPSA) is 98.2 Å². The van der Waals surface area contributed by atoms with Gasteiger partial charge in [-0.1, -0.05) is 81.6 Å². The number of nitrogens with one attached hydrogen (secondary N) is 2. The Hall–Kier alpha value is -3.57. The molecule has 46 heavy (non-hydrogen) atoms.